The van der Waals surface area contributed by atoms with Crippen molar-refractivity contribution in [2.45, 2.75) is 38.8 Å². The van der Waals surface area contributed by atoms with Gasteiger partial charge < -0.3 is 10.0 Å². The molecule has 7 heteroatoms. The summed E-state index contributed by atoms with van der Waals surface area (Å²) in [6, 6.07) is 0.457. The molecule has 1 aliphatic rings. The molecule has 0 spiro atoms. The van der Waals surface area contributed by atoms with E-state index in [-0.39, 0.29) is 11.9 Å². The van der Waals surface area contributed by atoms with E-state index in [2.05, 4.69) is 16.7 Å². The third-order valence-corrected chi connectivity index (χ3v) is 6.01. The molecule has 0 aromatic rings. The number of aliphatic hydroxyl groups excluding tert-OH is 1. The first-order chi connectivity index (χ1) is 9.76. The first-order valence-electron chi connectivity index (χ1n) is 7.81. The van der Waals surface area contributed by atoms with Gasteiger partial charge in [-0.1, -0.05) is 6.92 Å². The van der Waals surface area contributed by atoms with E-state index < -0.39 is 10.0 Å². The Morgan fingerprint density at radius 2 is 2.00 bits per heavy atom. The number of piperazine rings is 1. The number of sulfonamides is 1. The molecule has 0 aromatic heterocycles. The highest BCUT2D eigenvalue weighted by Gasteiger charge is 2.26. The van der Waals surface area contributed by atoms with Crippen LogP contribution in [0, 0.1) is 0 Å². The summed E-state index contributed by atoms with van der Waals surface area (Å²) in [7, 11) is 0.0797. The van der Waals surface area contributed by atoms with Crippen LogP contribution in [-0.2, 0) is 10.0 Å². The molecule has 0 unspecified atom stereocenters. The van der Waals surface area contributed by atoms with Crippen LogP contribution in [0.15, 0.2) is 0 Å². The summed E-state index contributed by atoms with van der Waals surface area (Å²) in [6.45, 7) is 8.40. The summed E-state index contributed by atoms with van der Waals surface area (Å²) in [5.74, 6) is 0.213. The highest BCUT2D eigenvalue weighted by Crippen LogP contribution is 2.14. The topological polar surface area (TPSA) is 64.1 Å². The van der Waals surface area contributed by atoms with Crippen LogP contribution < -0.4 is 0 Å². The molecule has 126 valence electrons. The number of hydrogen-bond acceptors (Lipinski definition) is 5. The fourth-order valence-electron chi connectivity index (χ4n) is 2.78. The van der Waals surface area contributed by atoms with Gasteiger partial charge in [0.1, 0.15) is 0 Å². The Morgan fingerprint density at radius 3 is 2.52 bits per heavy atom. The molecule has 0 bridgehead atoms. The minimum absolute atomic E-state index is 0.213. The lowest BCUT2D eigenvalue weighted by atomic mass is 10.1. The molecule has 2 atom stereocenters. The van der Waals surface area contributed by atoms with E-state index in [0.29, 0.717) is 12.5 Å². The zero-order chi connectivity index (χ0) is 16.0. The number of β-amino-alcohol motifs (C(OH)–C–C–N with tert-alkyl or cyclic N) is 1. The first kappa shape index (κ1) is 18.8. The average Bonchev–Trinajstić information content (AvgIpc) is 2.39. The summed E-state index contributed by atoms with van der Waals surface area (Å²) in [5, 5.41) is 9.54. The largest absolute Gasteiger partial charge is 0.392 e. The molecule has 1 fully saturated rings. The summed E-state index contributed by atoms with van der Waals surface area (Å²) >= 11 is 0. The predicted octanol–water partition coefficient (Wildman–Crippen LogP) is 0.0449. The van der Waals surface area contributed by atoms with Gasteiger partial charge in [-0.15, -0.1) is 0 Å². The zero-order valence-corrected chi connectivity index (χ0v) is 14.6. The minimum atomic E-state index is -3.08. The molecule has 6 nitrogen and oxygen atoms in total. The van der Waals surface area contributed by atoms with Crippen molar-refractivity contribution in [3.8, 4) is 0 Å². The standard InChI is InChI=1S/C14H31N3O3S/c1-5-14-12-16(8-9-17(14)11-13(2)18)7-6-10-21(19,20)15(3)4/h13-14,18H,5-12H2,1-4H3/t13-,14+/m0/s1. The number of hydrogen-bond donors (Lipinski definition) is 1. The normalized spacial score (nSPS) is 23.6. The summed E-state index contributed by atoms with van der Waals surface area (Å²) in [4.78, 5) is 4.69. The molecule has 0 aromatic carbocycles. The lowest BCUT2D eigenvalue weighted by Gasteiger charge is -2.41. The lowest BCUT2D eigenvalue weighted by molar-refractivity contribution is 0.0368. The summed E-state index contributed by atoms with van der Waals surface area (Å²) < 4.78 is 24.8. The third-order valence-electron chi connectivity index (χ3n) is 4.09. The van der Waals surface area contributed by atoms with Crippen LogP contribution in [0.1, 0.15) is 26.7 Å². The molecule has 0 saturated carbocycles. The number of aliphatic hydroxyl groups is 1. The Kier molecular flexibility index (Phi) is 7.56. The molecule has 0 amide bonds. The molecule has 1 heterocycles. The molecule has 0 radical (unpaired) electrons. The van der Waals surface area contributed by atoms with Gasteiger partial charge >= 0.3 is 0 Å². The number of nitrogens with zero attached hydrogens (tertiary/aromatic N) is 3. The second kappa shape index (κ2) is 8.43. The second-order valence-corrected chi connectivity index (χ2v) is 8.46. The lowest BCUT2D eigenvalue weighted by Crippen LogP contribution is -2.54. The van der Waals surface area contributed by atoms with Gasteiger partial charge in [0, 0.05) is 46.3 Å². The van der Waals surface area contributed by atoms with Gasteiger partial charge in [-0.2, -0.15) is 0 Å². The van der Waals surface area contributed by atoms with Gasteiger partial charge in [-0.25, -0.2) is 12.7 Å². The van der Waals surface area contributed by atoms with Crippen molar-refractivity contribution in [1.29, 1.82) is 0 Å². The molecule has 1 N–H and O–H groups in total. The summed E-state index contributed by atoms with van der Waals surface area (Å²) in [6.07, 6.45) is 1.43. The maximum Gasteiger partial charge on any atom is 0.213 e. The fourth-order valence-corrected chi connectivity index (χ4v) is 3.64. The fraction of sp³-hybridized carbons (Fsp3) is 1.00. The van der Waals surface area contributed by atoms with Crippen LogP contribution >= 0.6 is 0 Å². The second-order valence-electron chi connectivity index (χ2n) is 6.16. The Labute approximate surface area is 129 Å². The van der Waals surface area contributed by atoms with Crippen molar-refractivity contribution >= 4 is 10.0 Å². The Morgan fingerprint density at radius 1 is 1.33 bits per heavy atom. The summed E-state index contributed by atoms with van der Waals surface area (Å²) in [5.41, 5.74) is 0. The Hall–Kier alpha value is -0.210. The van der Waals surface area contributed by atoms with Crippen molar-refractivity contribution in [3.63, 3.8) is 0 Å². The molecular formula is C14H31N3O3S. The van der Waals surface area contributed by atoms with Crippen LogP contribution in [0.25, 0.3) is 0 Å². The van der Waals surface area contributed by atoms with Crippen molar-refractivity contribution in [3.05, 3.63) is 0 Å². The van der Waals surface area contributed by atoms with Gasteiger partial charge in [0.05, 0.1) is 11.9 Å². The van der Waals surface area contributed by atoms with E-state index in [9.17, 15) is 13.5 Å². The van der Waals surface area contributed by atoms with Crippen LogP contribution in [0.3, 0.4) is 0 Å². The van der Waals surface area contributed by atoms with E-state index >= 15 is 0 Å². The quantitative estimate of drug-likeness (QED) is 0.684. The maximum atomic E-state index is 11.7. The number of rotatable bonds is 8. The van der Waals surface area contributed by atoms with Crippen LogP contribution in [0.5, 0.6) is 0 Å². The van der Waals surface area contributed by atoms with E-state index in [1.54, 1.807) is 14.1 Å². The molecule has 1 saturated heterocycles. The molecule has 0 aliphatic carbocycles. The van der Waals surface area contributed by atoms with Gasteiger partial charge in [0.25, 0.3) is 0 Å². The predicted molar refractivity (Wildman–Crippen MR) is 85.9 cm³/mol. The molecule has 1 aliphatic heterocycles. The van der Waals surface area contributed by atoms with Crippen LogP contribution in [-0.4, -0.2) is 92.3 Å². The van der Waals surface area contributed by atoms with Gasteiger partial charge in [-0.3, -0.25) is 4.90 Å². The molecule has 1 rings (SSSR count). The highest BCUT2D eigenvalue weighted by molar-refractivity contribution is 7.89. The molecular weight excluding hydrogens is 290 g/mol. The van der Waals surface area contributed by atoms with E-state index in [4.69, 9.17) is 0 Å². The van der Waals surface area contributed by atoms with Gasteiger partial charge in [0.2, 0.25) is 10.0 Å². The average molecular weight is 321 g/mol. The highest BCUT2D eigenvalue weighted by atomic mass is 32.2. The molecule has 21 heavy (non-hydrogen) atoms. The SMILES string of the molecule is CC[C@@H]1CN(CCCS(=O)(=O)N(C)C)CCN1C[C@H](C)O. The first-order valence-corrected chi connectivity index (χ1v) is 9.41. The van der Waals surface area contributed by atoms with Crippen molar-refractivity contribution in [1.82, 2.24) is 14.1 Å². The van der Waals surface area contributed by atoms with Crippen LogP contribution in [0.4, 0.5) is 0 Å². The van der Waals surface area contributed by atoms with E-state index in [1.807, 2.05) is 6.92 Å². The van der Waals surface area contributed by atoms with Gasteiger partial charge in [-0.05, 0) is 26.3 Å². The van der Waals surface area contributed by atoms with Crippen molar-refractivity contribution in [2.24, 2.45) is 0 Å². The van der Waals surface area contributed by atoms with Gasteiger partial charge in [0.15, 0.2) is 0 Å². The Balaban J connectivity index is 2.39. The minimum Gasteiger partial charge on any atom is -0.392 e. The Bertz CT molecular complexity index is 398. The smallest absolute Gasteiger partial charge is 0.213 e. The third kappa shape index (κ3) is 6.20. The van der Waals surface area contributed by atoms with Crippen molar-refractivity contribution in [2.75, 3.05) is 52.6 Å². The van der Waals surface area contributed by atoms with Crippen molar-refractivity contribution < 1.29 is 13.5 Å². The van der Waals surface area contributed by atoms with E-state index in [0.717, 1.165) is 39.1 Å². The van der Waals surface area contributed by atoms with Crippen LogP contribution in [0.2, 0.25) is 0 Å². The zero-order valence-electron chi connectivity index (χ0n) is 13.8. The monoisotopic (exact) mass is 321 g/mol. The maximum absolute atomic E-state index is 11.7. The van der Waals surface area contributed by atoms with E-state index in [1.165, 1.54) is 4.31 Å².